The van der Waals surface area contributed by atoms with Crippen molar-refractivity contribution < 1.29 is 19.1 Å². The van der Waals surface area contributed by atoms with E-state index in [0.717, 1.165) is 65.5 Å². The van der Waals surface area contributed by atoms with Crippen LogP contribution in [0.4, 0.5) is 9.18 Å². The first-order chi connectivity index (χ1) is 15.4. The molecule has 4 aliphatic carbocycles. The third kappa shape index (κ3) is 3.27. The maximum atomic E-state index is 14.9. The second kappa shape index (κ2) is 7.20. The second-order valence-electron chi connectivity index (χ2n) is 10.0. The standard InChI is InChI=1S/C26H24FNO3S/c27-21-9-18(1-2-19(21)10-23-24(30)28-25(31)32-23)17-3-4-22(29)20(8-17)26-11-14-5-15(12-26)7-16(6-14)13-26/h1-4,8-10,14-16,29H,5-7,11-13H2,(H,28,30,31). The van der Waals surface area contributed by atoms with Gasteiger partial charge in [0.1, 0.15) is 11.6 Å². The molecule has 1 aliphatic heterocycles. The Morgan fingerprint density at radius 2 is 1.59 bits per heavy atom. The molecule has 4 saturated carbocycles. The van der Waals surface area contributed by atoms with Gasteiger partial charge in [-0.25, -0.2) is 4.39 Å². The van der Waals surface area contributed by atoms with Crippen molar-refractivity contribution in [2.24, 2.45) is 17.8 Å². The molecular weight excluding hydrogens is 425 g/mol. The fourth-order valence-corrected chi connectivity index (χ4v) is 7.64. The maximum Gasteiger partial charge on any atom is 0.290 e. The number of aromatic hydroxyl groups is 1. The normalized spacial score (nSPS) is 32.0. The smallest absolute Gasteiger partial charge is 0.290 e. The number of nitrogens with one attached hydrogen (secondary N) is 1. The Morgan fingerprint density at radius 3 is 2.19 bits per heavy atom. The van der Waals surface area contributed by atoms with Crippen LogP contribution in [0, 0.1) is 23.6 Å². The molecule has 164 valence electrons. The van der Waals surface area contributed by atoms with Gasteiger partial charge in [-0.15, -0.1) is 0 Å². The Kier molecular flexibility index (Phi) is 4.51. The lowest BCUT2D eigenvalue weighted by Crippen LogP contribution is -2.48. The number of hydrogen-bond acceptors (Lipinski definition) is 4. The van der Waals surface area contributed by atoms with Gasteiger partial charge in [0.2, 0.25) is 0 Å². The van der Waals surface area contributed by atoms with Gasteiger partial charge < -0.3 is 5.11 Å². The summed E-state index contributed by atoms with van der Waals surface area (Å²) in [6.45, 7) is 0. The lowest BCUT2D eigenvalue weighted by atomic mass is 9.48. The average Bonchev–Trinajstić information content (AvgIpc) is 3.05. The molecule has 32 heavy (non-hydrogen) atoms. The molecule has 2 aromatic rings. The lowest BCUT2D eigenvalue weighted by Gasteiger charge is -2.57. The van der Waals surface area contributed by atoms with Gasteiger partial charge in [0, 0.05) is 11.1 Å². The van der Waals surface area contributed by atoms with E-state index in [2.05, 4.69) is 11.4 Å². The predicted molar refractivity (Wildman–Crippen MR) is 122 cm³/mol. The van der Waals surface area contributed by atoms with Crippen molar-refractivity contribution in [2.75, 3.05) is 0 Å². The van der Waals surface area contributed by atoms with E-state index < -0.39 is 17.0 Å². The van der Waals surface area contributed by atoms with E-state index in [4.69, 9.17) is 0 Å². The van der Waals surface area contributed by atoms with Crippen molar-refractivity contribution in [3.63, 3.8) is 0 Å². The molecule has 0 spiro atoms. The summed E-state index contributed by atoms with van der Waals surface area (Å²) in [6.07, 6.45) is 8.86. The lowest BCUT2D eigenvalue weighted by molar-refractivity contribution is -0.115. The van der Waals surface area contributed by atoms with Crippen LogP contribution in [0.3, 0.4) is 0 Å². The van der Waals surface area contributed by atoms with Crippen molar-refractivity contribution in [1.82, 2.24) is 5.32 Å². The van der Waals surface area contributed by atoms with Crippen LogP contribution in [0.25, 0.3) is 17.2 Å². The molecule has 2 N–H and O–H groups in total. The van der Waals surface area contributed by atoms with Gasteiger partial charge >= 0.3 is 0 Å². The topological polar surface area (TPSA) is 66.4 Å². The van der Waals surface area contributed by atoms with Crippen molar-refractivity contribution in [1.29, 1.82) is 0 Å². The summed E-state index contributed by atoms with van der Waals surface area (Å²) in [5, 5.41) is 12.5. The van der Waals surface area contributed by atoms with E-state index in [-0.39, 0.29) is 15.9 Å². The Morgan fingerprint density at radius 1 is 0.969 bits per heavy atom. The molecule has 1 saturated heterocycles. The molecule has 2 aromatic carbocycles. The molecule has 7 rings (SSSR count). The second-order valence-corrected chi connectivity index (χ2v) is 11.0. The van der Waals surface area contributed by atoms with E-state index in [1.54, 1.807) is 12.1 Å². The molecule has 6 heteroatoms. The molecule has 0 radical (unpaired) electrons. The first kappa shape index (κ1) is 20.0. The number of benzene rings is 2. The monoisotopic (exact) mass is 449 g/mol. The van der Waals surface area contributed by atoms with Gasteiger partial charge in [-0.3, -0.25) is 14.9 Å². The highest BCUT2D eigenvalue weighted by atomic mass is 32.2. The fourth-order valence-electron chi connectivity index (χ4n) is 6.97. The summed E-state index contributed by atoms with van der Waals surface area (Å²) < 4.78 is 14.9. The van der Waals surface area contributed by atoms with Crippen LogP contribution < -0.4 is 5.32 Å². The van der Waals surface area contributed by atoms with Crippen LogP contribution >= 0.6 is 11.8 Å². The number of halogens is 1. The van der Waals surface area contributed by atoms with E-state index in [9.17, 15) is 19.1 Å². The largest absolute Gasteiger partial charge is 0.508 e. The third-order valence-corrected chi connectivity index (χ3v) is 8.68. The van der Waals surface area contributed by atoms with Gasteiger partial charge in [0.15, 0.2) is 0 Å². The first-order valence-corrected chi connectivity index (χ1v) is 12.1. The van der Waals surface area contributed by atoms with Crippen LogP contribution in [0.2, 0.25) is 0 Å². The summed E-state index contributed by atoms with van der Waals surface area (Å²) in [5.41, 5.74) is 2.96. The van der Waals surface area contributed by atoms with E-state index >= 15 is 0 Å². The molecule has 0 atom stereocenters. The minimum atomic E-state index is -0.498. The van der Waals surface area contributed by atoms with E-state index in [1.165, 1.54) is 31.4 Å². The Bertz CT molecular complexity index is 1150. The zero-order valence-electron chi connectivity index (χ0n) is 17.6. The SMILES string of the molecule is O=C1NC(=O)C(=Cc2ccc(-c3ccc(O)c(C45CC6CC(CC(C6)C4)C5)c3)cc2F)S1. The zero-order chi connectivity index (χ0) is 22.0. The number of hydrogen-bond donors (Lipinski definition) is 2. The van der Waals surface area contributed by atoms with Gasteiger partial charge in [-0.05, 0) is 109 Å². The van der Waals surface area contributed by atoms with Gasteiger partial charge in [0.25, 0.3) is 11.1 Å². The number of rotatable bonds is 3. The van der Waals surface area contributed by atoms with Crippen LogP contribution in [0.15, 0.2) is 41.3 Å². The number of carbonyl (C=O) groups excluding carboxylic acids is 2. The Balaban J connectivity index is 1.34. The van der Waals surface area contributed by atoms with Crippen molar-refractivity contribution in [3.8, 4) is 16.9 Å². The summed E-state index contributed by atoms with van der Waals surface area (Å²) in [6, 6.07) is 10.6. The predicted octanol–water partition coefficient (Wildman–Crippen LogP) is 5.99. The summed E-state index contributed by atoms with van der Waals surface area (Å²) in [5.74, 6) is 1.71. The summed E-state index contributed by atoms with van der Waals surface area (Å²) in [7, 11) is 0. The number of thioether (sulfide) groups is 1. The van der Waals surface area contributed by atoms with Crippen LogP contribution in [0.1, 0.15) is 49.7 Å². The van der Waals surface area contributed by atoms with E-state index in [0.29, 0.717) is 5.75 Å². The zero-order valence-corrected chi connectivity index (χ0v) is 18.4. The number of amides is 2. The summed E-state index contributed by atoms with van der Waals surface area (Å²) >= 11 is 0.776. The molecular formula is C26H24FNO3S. The van der Waals surface area contributed by atoms with Crippen LogP contribution in [-0.2, 0) is 10.2 Å². The molecule has 1 heterocycles. The molecule has 2 amide bonds. The van der Waals surface area contributed by atoms with Gasteiger partial charge in [-0.1, -0.05) is 18.2 Å². The highest BCUT2D eigenvalue weighted by Gasteiger charge is 2.52. The third-order valence-electron chi connectivity index (χ3n) is 7.87. The minimum absolute atomic E-state index is 0.0529. The van der Waals surface area contributed by atoms with Gasteiger partial charge in [-0.2, -0.15) is 0 Å². The van der Waals surface area contributed by atoms with Gasteiger partial charge in [0.05, 0.1) is 4.91 Å². The number of carbonyl (C=O) groups is 2. The highest BCUT2D eigenvalue weighted by molar-refractivity contribution is 8.18. The first-order valence-electron chi connectivity index (χ1n) is 11.3. The number of imide groups is 1. The number of phenolic OH excluding ortho intramolecular Hbond substituents is 1. The molecule has 4 bridgehead atoms. The van der Waals surface area contributed by atoms with Crippen LogP contribution in [-0.4, -0.2) is 16.3 Å². The maximum absolute atomic E-state index is 14.9. The Labute approximate surface area is 190 Å². The molecule has 5 aliphatic rings. The summed E-state index contributed by atoms with van der Waals surface area (Å²) in [4.78, 5) is 23.3. The van der Waals surface area contributed by atoms with Crippen molar-refractivity contribution in [2.45, 2.75) is 43.9 Å². The van der Waals surface area contributed by atoms with Crippen molar-refractivity contribution in [3.05, 3.63) is 58.2 Å². The highest BCUT2D eigenvalue weighted by Crippen LogP contribution is 2.62. The Hall–Kier alpha value is -2.60. The number of phenols is 1. The van der Waals surface area contributed by atoms with Crippen molar-refractivity contribution >= 4 is 29.0 Å². The van der Waals surface area contributed by atoms with Crippen LogP contribution in [0.5, 0.6) is 5.75 Å². The quantitative estimate of drug-likeness (QED) is 0.565. The fraction of sp³-hybridized carbons (Fsp3) is 0.385. The molecule has 4 nitrogen and oxygen atoms in total. The average molecular weight is 450 g/mol. The molecule has 0 unspecified atom stereocenters. The minimum Gasteiger partial charge on any atom is -0.508 e. The molecule has 5 fully saturated rings. The molecule has 0 aromatic heterocycles. The van der Waals surface area contributed by atoms with E-state index in [1.807, 2.05) is 12.1 Å².